The first-order valence-electron chi connectivity index (χ1n) is 7.66. The van der Waals surface area contributed by atoms with Crippen molar-refractivity contribution in [2.75, 3.05) is 20.3 Å². The normalized spacial score (nSPS) is 17.3. The van der Waals surface area contributed by atoms with E-state index in [1.54, 1.807) is 20.8 Å². The molecule has 0 radical (unpaired) electrons. The maximum atomic E-state index is 12.3. The molecule has 0 aromatic carbocycles. The number of carbonyl (C=O) groups is 2. The number of hydrazone groups is 1. The van der Waals surface area contributed by atoms with Crippen LogP contribution in [0.4, 0.5) is 4.79 Å². The third kappa shape index (κ3) is 6.02. The molecule has 7 nitrogen and oxygen atoms in total. The Bertz CT molecular complexity index is 517. The van der Waals surface area contributed by atoms with E-state index in [2.05, 4.69) is 5.10 Å². The molecule has 1 aliphatic carbocycles. The van der Waals surface area contributed by atoms with E-state index in [1.807, 2.05) is 0 Å². The molecule has 23 heavy (non-hydrogen) atoms. The van der Waals surface area contributed by atoms with Gasteiger partial charge >= 0.3 is 6.09 Å². The second kappa shape index (κ2) is 8.10. The van der Waals surface area contributed by atoms with E-state index in [1.165, 1.54) is 14.0 Å². The number of nitrogens with zero attached hydrogens (tertiary/aromatic N) is 2. The highest BCUT2D eigenvalue weighted by molar-refractivity contribution is 6.22. The van der Waals surface area contributed by atoms with Gasteiger partial charge in [-0.15, -0.1) is 0 Å². The first-order valence-corrected chi connectivity index (χ1v) is 7.66. The van der Waals surface area contributed by atoms with E-state index in [-0.39, 0.29) is 30.3 Å². The topological polar surface area (TPSA) is 88.4 Å². The molecule has 1 N–H and O–H groups in total. The summed E-state index contributed by atoms with van der Waals surface area (Å²) in [6.45, 7) is 7.14. The predicted octanol–water partition coefficient (Wildman–Crippen LogP) is 2.81. The second-order valence-electron chi connectivity index (χ2n) is 6.37. The summed E-state index contributed by atoms with van der Waals surface area (Å²) in [5, 5.41) is 15.4. The van der Waals surface area contributed by atoms with E-state index >= 15 is 0 Å². The van der Waals surface area contributed by atoms with Crippen molar-refractivity contribution < 1.29 is 24.2 Å². The molecule has 0 aliphatic heterocycles. The summed E-state index contributed by atoms with van der Waals surface area (Å²) in [6.07, 6.45) is 1.02. The van der Waals surface area contributed by atoms with E-state index in [4.69, 9.17) is 9.47 Å². The van der Waals surface area contributed by atoms with Gasteiger partial charge in [-0.3, -0.25) is 4.79 Å². The molecular formula is C16H26N2O5. The summed E-state index contributed by atoms with van der Waals surface area (Å²) >= 11 is 0. The number of hydrogen-bond acceptors (Lipinski definition) is 6. The van der Waals surface area contributed by atoms with Crippen LogP contribution in [0.5, 0.6) is 0 Å². The highest BCUT2D eigenvalue weighted by atomic mass is 16.6. The summed E-state index contributed by atoms with van der Waals surface area (Å²) in [6, 6.07) is 0. The van der Waals surface area contributed by atoms with Crippen LogP contribution in [0.3, 0.4) is 0 Å². The minimum atomic E-state index is -0.656. The number of allylic oxidation sites excluding steroid dienone is 2. The van der Waals surface area contributed by atoms with Gasteiger partial charge in [-0.1, -0.05) is 0 Å². The van der Waals surface area contributed by atoms with Crippen LogP contribution < -0.4 is 0 Å². The van der Waals surface area contributed by atoms with Crippen molar-refractivity contribution in [1.29, 1.82) is 0 Å². The Kier molecular flexibility index (Phi) is 6.75. The molecule has 1 rings (SSSR count). The number of carbonyl (C=O) groups excluding carboxylic acids is 2. The fourth-order valence-corrected chi connectivity index (χ4v) is 2.17. The summed E-state index contributed by atoms with van der Waals surface area (Å²) in [4.78, 5) is 24.0. The van der Waals surface area contributed by atoms with Crippen molar-refractivity contribution in [1.82, 2.24) is 5.01 Å². The van der Waals surface area contributed by atoms with Crippen molar-refractivity contribution in [2.24, 2.45) is 5.10 Å². The quantitative estimate of drug-likeness (QED) is 0.785. The SMILES string of the molecule is COCCN(N=C1CCCC(O)=C1C(C)=O)C(=O)OC(C)(C)C. The first kappa shape index (κ1) is 19.2. The molecular weight excluding hydrogens is 300 g/mol. The zero-order valence-electron chi connectivity index (χ0n) is 14.5. The van der Waals surface area contributed by atoms with E-state index < -0.39 is 11.7 Å². The standard InChI is InChI=1S/C16H26N2O5/c1-11(19)14-12(7-6-8-13(14)20)17-18(9-10-22-5)15(21)23-16(2,3)4/h20H,6-10H2,1-5H3. The lowest BCUT2D eigenvalue weighted by Crippen LogP contribution is -2.36. The van der Waals surface area contributed by atoms with Crippen LogP contribution >= 0.6 is 0 Å². The minimum Gasteiger partial charge on any atom is -0.511 e. The fraction of sp³-hybridized carbons (Fsp3) is 0.688. The van der Waals surface area contributed by atoms with Gasteiger partial charge in [0.2, 0.25) is 0 Å². The van der Waals surface area contributed by atoms with Gasteiger partial charge in [0.1, 0.15) is 11.4 Å². The van der Waals surface area contributed by atoms with E-state index in [0.29, 0.717) is 25.0 Å². The average Bonchev–Trinajstić information content (AvgIpc) is 2.40. The summed E-state index contributed by atoms with van der Waals surface area (Å²) < 4.78 is 10.3. The maximum absolute atomic E-state index is 12.3. The Morgan fingerprint density at radius 3 is 2.48 bits per heavy atom. The highest BCUT2D eigenvalue weighted by Gasteiger charge is 2.26. The van der Waals surface area contributed by atoms with Crippen LogP contribution in [0.2, 0.25) is 0 Å². The molecule has 7 heteroatoms. The average molecular weight is 326 g/mol. The number of Topliss-reactive ketones (excluding diaryl/α,β-unsaturated/α-hetero) is 1. The van der Waals surface area contributed by atoms with Gasteiger partial charge in [-0.05, 0) is 40.5 Å². The molecule has 130 valence electrons. The van der Waals surface area contributed by atoms with Gasteiger partial charge < -0.3 is 14.6 Å². The Morgan fingerprint density at radius 2 is 1.96 bits per heavy atom. The number of ether oxygens (including phenoxy) is 2. The molecule has 0 bridgehead atoms. The lowest BCUT2D eigenvalue weighted by Gasteiger charge is -2.26. The number of hydrogen-bond donors (Lipinski definition) is 1. The molecule has 1 aliphatic rings. The lowest BCUT2D eigenvalue weighted by molar-refractivity contribution is -0.113. The van der Waals surface area contributed by atoms with Crippen molar-refractivity contribution in [3.8, 4) is 0 Å². The monoisotopic (exact) mass is 326 g/mol. The zero-order valence-corrected chi connectivity index (χ0v) is 14.5. The van der Waals surface area contributed by atoms with Gasteiger partial charge in [-0.2, -0.15) is 10.1 Å². The van der Waals surface area contributed by atoms with Crippen molar-refractivity contribution >= 4 is 17.6 Å². The van der Waals surface area contributed by atoms with E-state index in [0.717, 1.165) is 5.01 Å². The Labute approximate surface area is 136 Å². The molecule has 1 amide bonds. The van der Waals surface area contributed by atoms with Gasteiger partial charge in [0.15, 0.2) is 5.78 Å². The third-order valence-electron chi connectivity index (χ3n) is 3.11. The highest BCUT2D eigenvalue weighted by Crippen LogP contribution is 2.23. The zero-order chi connectivity index (χ0) is 17.6. The molecule has 0 spiro atoms. The largest absolute Gasteiger partial charge is 0.511 e. The van der Waals surface area contributed by atoms with Crippen LogP contribution in [-0.2, 0) is 14.3 Å². The number of aliphatic hydroxyl groups is 1. The molecule has 0 unspecified atom stereocenters. The molecule has 0 heterocycles. The van der Waals surface area contributed by atoms with Crippen LogP contribution in [0.25, 0.3) is 0 Å². The Morgan fingerprint density at radius 1 is 1.30 bits per heavy atom. The molecule has 0 saturated heterocycles. The summed E-state index contributed by atoms with van der Waals surface area (Å²) in [7, 11) is 1.52. The van der Waals surface area contributed by atoms with E-state index in [9.17, 15) is 14.7 Å². The Balaban J connectivity index is 3.09. The lowest BCUT2D eigenvalue weighted by atomic mass is 9.93. The van der Waals surface area contributed by atoms with Gasteiger partial charge in [0, 0.05) is 13.5 Å². The van der Waals surface area contributed by atoms with Crippen LogP contribution in [0.15, 0.2) is 16.4 Å². The van der Waals surface area contributed by atoms with Crippen LogP contribution in [0, 0.1) is 0 Å². The number of rotatable bonds is 5. The van der Waals surface area contributed by atoms with Crippen molar-refractivity contribution in [3.63, 3.8) is 0 Å². The molecule has 0 aromatic heterocycles. The minimum absolute atomic E-state index is 0.0263. The summed E-state index contributed by atoms with van der Waals surface area (Å²) in [5.41, 5.74) is -0.0540. The molecule has 0 fully saturated rings. The second-order valence-corrected chi connectivity index (χ2v) is 6.37. The molecule has 0 aromatic rings. The summed E-state index contributed by atoms with van der Waals surface area (Å²) in [5.74, 6) is -0.241. The number of amides is 1. The van der Waals surface area contributed by atoms with Crippen LogP contribution in [0.1, 0.15) is 47.0 Å². The van der Waals surface area contributed by atoms with Crippen molar-refractivity contribution in [3.05, 3.63) is 11.3 Å². The van der Waals surface area contributed by atoms with Crippen LogP contribution in [-0.4, -0.2) is 53.6 Å². The molecule has 0 atom stereocenters. The first-order chi connectivity index (χ1) is 10.7. The van der Waals surface area contributed by atoms with Gasteiger partial charge in [0.25, 0.3) is 0 Å². The third-order valence-corrected chi connectivity index (χ3v) is 3.11. The number of ketones is 1. The van der Waals surface area contributed by atoms with Gasteiger partial charge in [-0.25, -0.2) is 4.79 Å². The maximum Gasteiger partial charge on any atom is 0.430 e. The van der Waals surface area contributed by atoms with Crippen molar-refractivity contribution in [2.45, 2.75) is 52.6 Å². The number of methoxy groups -OCH3 is 1. The number of aliphatic hydroxyl groups excluding tert-OH is 1. The Hall–Kier alpha value is -1.89. The predicted molar refractivity (Wildman–Crippen MR) is 86.4 cm³/mol. The van der Waals surface area contributed by atoms with Gasteiger partial charge in [0.05, 0.1) is 24.4 Å². The fourth-order valence-electron chi connectivity index (χ4n) is 2.17. The smallest absolute Gasteiger partial charge is 0.430 e. The molecule has 0 saturated carbocycles.